The molecule has 28 heteroatoms. The van der Waals surface area contributed by atoms with Crippen molar-refractivity contribution in [3.63, 3.8) is 0 Å². The Bertz CT molecular complexity index is 1440. The van der Waals surface area contributed by atoms with Crippen LogP contribution in [0.2, 0.25) is 0 Å². The number of hydrogen-bond donors (Lipinski definition) is 17. The summed E-state index contributed by atoms with van der Waals surface area (Å²) in [4.78, 5) is 24.2. The molecule has 62 heavy (non-hydrogen) atoms. The fraction of sp³-hybridized carbons (Fsp3) is 0.941. The van der Waals surface area contributed by atoms with Crippen molar-refractivity contribution in [3.8, 4) is 0 Å². The van der Waals surface area contributed by atoms with Crippen molar-refractivity contribution in [2.24, 2.45) is 0 Å². The van der Waals surface area contributed by atoms with Crippen LogP contribution in [0.3, 0.4) is 0 Å². The molecule has 2 amide bonds. The van der Waals surface area contributed by atoms with Crippen molar-refractivity contribution in [2.75, 3.05) is 33.0 Å². The molecule has 0 aromatic carbocycles. The molecule has 25 atom stereocenters. The van der Waals surface area contributed by atoms with Gasteiger partial charge in [0, 0.05) is 13.8 Å². The van der Waals surface area contributed by atoms with Gasteiger partial charge in [0.15, 0.2) is 31.5 Å². The molecule has 5 saturated heterocycles. The largest absolute Gasteiger partial charge is 0.394 e. The van der Waals surface area contributed by atoms with Crippen molar-refractivity contribution in [1.29, 1.82) is 0 Å². The van der Waals surface area contributed by atoms with E-state index in [0.717, 1.165) is 13.8 Å². The number of carbonyl (C=O) groups excluding carboxylic acids is 2. The summed E-state index contributed by atoms with van der Waals surface area (Å²) in [7, 11) is 0. The Morgan fingerprint density at radius 2 is 0.774 bits per heavy atom. The van der Waals surface area contributed by atoms with Gasteiger partial charge in [0.1, 0.15) is 122 Å². The molecule has 0 bridgehead atoms. The minimum atomic E-state index is -2.15. The van der Waals surface area contributed by atoms with Crippen LogP contribution in [0.4, 0.5) is 0 Å². The van der Waals surface area contributed by atoms with Crippen LogP contribution in [0.5, 0.6) is 0 Å². The van der Waals surface area contributed by atoms with Gasteiger partial charge in [-0.25, -0.2) is 0 Å². The maximum Gasteiger partial charge on any atom is 0.217 e. The Hall–Kier alpha value is -2.02. The number of aliphatic hydroxyl groups excluding tert-OH is 15. The first-order chi connectivity index (χ1) is 29.3. The molecule has 5 rings (SSSR count). The van der Waals surface area contributed by atoms with Crippen LogP contribution < -0.4 is 10.6 Å². The van der Waals surface area contributed by atoms with Crippen molar-refractivity contribution < 1.29 is 129 Å². The Morgan fingerprint density at radius 3 is 1.29 bits per heavy atom. The first kappa shape index (κ1) is 51.0. The Morgan fingerprint density at radius 1 is 0.387 bits per heavy atom. The fourth-order valence-electron chi connectivity index (χ4n) is 7.82. The third-order valence-electron chi connectivity index (χ3n) is 11.1. The maximum atomic E-state index is 12.4. The number of nitrogens with one attached hydrogen (secondary N) is 2. The molecule has 5 aliphatic heterocycles. The van der Waals surface area contributed by atoms with E-state index in [4.69, 9.17) is 42.6 Å². The lowest BCUT2D eigenvalue weighted by Gasteiger charge is -2.50. The summed E-state index contributed by atoms with van der Waals surface area (Å²) in [6.07, 6.45) is -42.7. The molecule has 5 aliphatic rings. The van der Waals surface area contributed by atoms with Gasteiger partial charge in [-0.05, 0) is 0 Å². The zero-order chi connectivity index (χ0) is 45.9. The lowest BCUT2D eigenvalue weighted by Crippen LogP contribution is -2.70. The van der Waals surface area contributed by atoms with E-state index < -0.39 is 198 Å². The molecule has 5 fully saturated rings. The van der Waals surface area contributed by atoms with Gasteiger partial charge >= 0.3 is 0 Å². The summed E-state index contributed by atoms with van der Waals surface area (Å²) >= 11 is 0. The molecule has 0 spiro atoms. The molecule has 28 nitrogen and oxygen atoms in total. The van der Waals surface area contributed by atoms with Crippen LogP contribution in [-0.2, 0) is 52.2 Å². The third kappa shape index (κ3) is 10.8. The van der Waals surface area contributed by atoms with Crippen molar-refractivity contribution in [1.82, 2.24) is 10.6 Å². The molecule has 360 valence electrons. The van der Waals surface area contributed by atoms with E-state index in [1.807, 2.05) is 0 Å². The second kappa shape index (κ2) is 22.0. The third-order valence-corrected chi connectivity index (χ3v) is 11.1. The van der Waals surface area contributed by atoms with Gasteiger partial charge in [0.2, 0.25) is 11.8 Å². The van der Waals surface area contributed by atoms with Gasteiger partial charge in [0.05, 0.1) is 33.0 Å². The van der Waals surface area contributed by atoms with Crippen LogP contribution >= 0.6 is 0 Å². The SMILES string of the molecule is CC(=O)N[C@@H]1[C@@H](O)[C@H](O[C@@H]2O[C@H](CO)[C@@H](O)[C@H](O[C@H]3O[C@H](CO)[C@@H](O)[C@H](O)[C@@H]3O[C@@H]3O[C@H](CO)[C@@H](O[C@@H]4O[C@H](CO)[C@H](O)[C@H](O)[C@H]4O)[C@H](O)[C@H]3NC(C)=O)[C@@H]2O)[C@@H](CO)O[C@H]1O. The van der Waals surface area contributed by atoms with Gasteiger partial charge in [-0.2, -0.15) is 0 Å². The minimum Gasteiger partial charge on any atom is -0.394 e. The monoisotopic (exact) mass is 910 g/mol. The van der Waals surface area contributed by atoms with Gasteiger partial charge in [-0.1, -0.05) is 0 Å². The number of rotatable bonds is 15. The van der Waals surface area contributed by atoms with E-state index in [1.165, 1.54) is 0 Å². The second-order valence-electron chi connectivity index (χ2n) is 15.4. The van der Waals surface area contributed by atoms with Crippen molar-refractivity contribution in [3.05, 3.63) is 0 Å². The number of amides is 2. The van der Waals surface area contributed by atoms with Gasteiger partial charge < -0.3 is 130 Å². The highest BCUT2D eigenvalue weighted by Gasteiger charge is 2.57. The lowest BCUT2D eigenvalue weighted by molar-refractivity contribution is -0.394. The lowest BCUT2D eigenvalue weighted by atomic mass is 9.94. The predicted molar refractivity (Wildman–Crippen MR) is 190 cm³/mol. The minimum absolute atomic E-state index is 0.703. The molecular weight excluding hydrogens is 852 g/mol. The van der Waals surface area contributed by atoms with E-state index in [9.17, 15) is 86.2 Å². The maximum absolute atomic E-state index is 12.4. The molecule has 0 radical (unpaired) electrons. The molecule has 0 saturated carbocycles. The summed E-state index contributed by atoms with van der Waals surface area (Å²) in [5.74, 6) is -1.52. The predicted octanol–water partition coefficient (Wildman–Crippen LogP) is -11.6. The average Bonchev–Trinajstić information content (AvgIpc) is 3.23. The standard InChI is InChI=1S/C34H58N2O26/c1-8(42)35-15-20(47)26(13(6-40)54-30(15)53)60-33-25(52)28(19(46)12(5-39)56-33)61-34-29(23(50)18(45)11(4-38)57-34)62-31-16(36-9(2)43)21(48)27(14(7-41)58-31)59-32-24(51)22(49)17(44)10(3-37)55-32/h10-34,37-41,44-53H,3-7H2,1-2H3,(H,35,42)(H,36,43)/t10-,11-,12-,13-,14-,15-,16-,17+,18-,19-,20-,21-,22+,23+,24-,25+,26-,27-,28+,29+,30-,31+,32+,33+,34-/m1/s1. The van der Waals surface area contributed by atoms with E-state index >= 15 is 0 Å². The van der Waals surface area contributed by atoms with E-state index in [0.29, 0.717) is 0 Å². The number of hydrogen-bond acceptors (Lipinski definition) is 26. The molecule has 17 N–H and O–H groups in total. The summed E-state index contributed by atoms with van der Waals surface area (Å²) in [5, 5.41) is 163. The normalized spacial score (nSPS) is 49.0. The Kier molecular flexibility index (Phi) is 18.1. The summed E-state index contributed by atoms with van der Waals surface area (Å²) < 4.78 is 51.0. The van der Waals surface area contributed by atoms with Crippen LogP contribution in [0.15, 0.2) is 0 Å². The molecule has 0 aromatic rings. The zero-order valence-corrected chi connectivity index (χ0v) is 33.2. The molecular formula is C34H58N2O26. The topological polar surface area (TPSA) is 445 Å². The van der Waals surface area contributed by atoms with Crippen LogP contribution in [0.25, 0.3) is 0 Å². The number of ether oxygens (including phenoxy) is 9. The molecule has 5 heterocycles. The van der Waals surface area contributed by atoms with E-state index in [1.54, 1.807) is 0 Å². The Balaban J connectivity index is 1.41. The smallest absolute Gasteiger partial charge is 0.217 e. The quantitative estimate of drug-likeness (QED) is 0.0725. The van der Waals surface area contributed by atoms with Crippen LogP contribution in [-0.4, -0.2) is 275 Å². The van der Waals surface area contributed by atoms with Crippen molar-refractivity contribution >= 4 is 11.8 Å². The zero-order valence-electron chi connectivity index (χ0n) is 33.2. The van der Waals surface area contributed by atoms with Gasteiger partial charge in [-0.3, -0.25) is 9.59 Å². The number of aliphatic hydroxyl groups is 15. The highest BCUT2D eigenvalue weighted by Crippen LogP contribution is 2.36. The van der Waals surface area contributed by atoms with E-state index in [2.05, 4.69) is 10.6 Å². The molecule has 0 aromatic heterocycles. The fourth-order valence-corrected chi connectivity index (χ4v) is 7.82. The molecule has 0 unspecified atom stereocenters. The van der Waals surface area contributed by atoms with Crippen LogP contribution in [0.1, 0.15) is 13.8 Å². The van der Waals surface area contributed by atoms with Gasteiger partial charge in [-0.15, -0.1) is 0 Å². The number of carbonyl (C=O) groups is 2. The van der Waals surface area contributed by atoms with Crippen molar-refractivity contribution in [2.45, 2.75) is 167 Å². The second-order valence-corrected chi connectivity index (χ2v) is 15.4. The molecule has 0 aliphatic carbocycles. The van der Waals surface area contributed by atoms with Gasteiger partial charge in [0.25, 0.3) is 0 Å². The summed E-state index contributed by atoms with van der Waals surface area (Å²) in [6.45, 7) is -2.56. The highest BCUT2D eigenvalue weighted by molar-refractivity contribution is 5.73. The first-order valence-corrected chi connectivity index (χ1v) is 19.6. The first-order valence-electron chi connectivity index (χ1n) is 19.6. The summed E-state index contributed by atoms with van der Waals surface area (Å²) in [5.41, 5.74) is 0. The highest BCUT2D eigenvalue weighted by atomic mass is 16.8. The Labute approximate surface area is 351 Å². The van der Waals surface area contributed by atoms with E-state index in [-0.39, 0.29) is 0 Å². The van der Waals surface area contributed by atoms with Crippen LogP contribution in [0, 0.1) is 0 Å². The average molecular weight is 911 g/mol. The summed E-state index contributed by atoms with van der Waals surface area (Å²) in [6, 6.07) is -3.25.